The fraction of sp³-hybridized carbons (Fsp3) is 0.417. The maximum absolute atomic E-state index is 12.0. The minimum absolute atomic E-state index is 0.0540. The number of carbonyl (C=O) groups is 1. The van der Waals surface area contributed by atoms with Crippen molar-refractivity contribution >= 4 is 6.29 Å². The quantitative estimate of drug-likeness (QED) is 0.692. The van der Waals surface area contributed by atoms with E-state index in [1.807, 2.05) is 0 Å². The Bertz CT molecular complexity index is 367. The van der Waals surface area contributed by atoms with Crippen molar-refractivity contribution in [1.29, 1.82) is 0 Å². The second-order valence-corrected chi connectivity index (χ2v) is 3.29. The van der Waals surface area contributed by atoms with E-state index in [1.165, 1.54) is 12.1 Å². The Morgan fingerprint density at radius 1 is 1.41 bits per heavy atom. The van der Waals surface area contributed by atoms with Gasteiger partial charge in [-0.3, -0.25) is 0 Å². The van der Waals surface area contributed by atoms with Crippen LogP contribution in [-0.4, -0.2) is 19.5 Å². The van der Waals surface area contributed by atoms with Gasteiger partial charge in [0.1, 0.15) is 17.8 Å². The summed E-state index contributed by atoms with van der Waals surface area (Å²) in [6.45, 7) is -0.638. The molecule has 0 amide bonds. The lowest BCUT2D eigenvalue weighted by Gasteiger charge is -2.11. The number of carbonyl (C=O) groups excluding carboxylic acids is 1. The third-order valence-corrected chi connectivity index (χ3v) is 2.10. The average molecular weight is 244 g/mol. The monoisotopic (exact) mass is 244 g/mol. The molecule has 0 aromatic heterocycles. The summed E-state index contributed by atoms with van der Waals surface area (Å²) >= 11 is 0. The Balaban J connectivity index is 2.86. The summed E-state index contributed by atoms with van der Waals surface area (Å²) in [5, 5.41) is 0. The van der Waals surface area contributed by atoms with Gasteiger partial charge in [0.2, 0.25) is 0 Å². The van der Waals surface area contributed by atoms with Gasteiger partial charge in [0, 0.05) is 12.5 Å². The first-order valence-corrected chi connectivity index (χ1v) is 5.31. The van der Waals surface area contributed by atoms with E-state index >= 15 is 0 Å². The van der Waals surface area contributed by atoms with Crippen LogP contribution in [0, 0.1) is 0 Å². The molecular formula is C12H14F2O3. The molecule has 0 aliphatic rings. The molecule has 0 aliphatic heterocycles. The Morgan fingerprint density at radius 3 is 2.76 bits per heavy atom. The predicted octanol–water partition coefficient (Wildman–Crippen LogP) is 2.82. The molecule has 1 aromatic rings. The molecule has 0 heterocycles. The van der Waals surface area contributed by atoms with E-state index in [4.69, 9.17) is 4.74 Å². The maximum Gasteiger partial charge on any atom is 0.387 e. The standard InChI is InChI=1S/C12H14F2O3/c1-2-16-11-8-10(17-12(13)14)6-5-9(11)4-3-7-15/h5-8,12H,2-4H2,1H3. The average Bonchev–Trinajstić information content (AvgIpc) is 2.28. The lowest BCUT2D eigenvalue weighted by Crippen LogP contribution is -2.03. The van der Waals surface area contributed by atoms with E-state index in [0.29, 0.717) is 25.2 Å². The number of alkyl halides is 2. The van der Waals surface area contributed by atoms with Crippen LogP contribution in [0.25, 0.3) is 0 Å². The smallest absolute Gasteiger partial charge is 0.387 e. The molecule has 17 heavy (non-hydrogen) atoms. The van der Waals surface area contributed by atoms with Gasteiger partial charge in [-0.25, -0.2) is 0 Å². The van der Waals surface area contributed by atoms with Gasteiger partial charge in [-0.15, -0.1) is 0 Å². The summed E-state index contributed by atoms with van der Waals surface area (Å²) in [5.74, 6) is 0.533. The zero-order valence-corrected chi connectivity index (χ0v) is 9.49. The Hall–Kier alpha value is -1.65. The molecule has 3 nitrogen and oxygen atoms in total. The van der Waals surface area contributed by atoms with Crippen LogP contribution >= 0.6 is 0 Å². The molecule has 1 rings (SSSR count). The maximum atomic E-state index is 12.0. The van der Waals surface area contributed by atoms with E-state index in [1.54, 1.807) is 13.0 Å². The molecule has 0 aliphatic carbocycles. The van der Waals surface area contributed by atoms with Crippen molar-refractivity contribution in [1.82, 2.24) is 0 Å². The van der Waals surface area contributed by atoms with Crippen molar-refractivity contribution in [3.63, 3.8) is 0 Å². The first-order valence-electron chi connectivity index (χ1n) is 5.31. The number of ether oxygens (including phenoxy) is 2. The molecule has 94 valence electrons. The zero-order valence-electron chi connectivity index (χ0n) is 9.49. The fourth-order valence-electron chi connectivity index (χ4n) is 1.42. The molecule has 0 saturated heterocycles. The molecule has 0 saturated carbocycles. The van der Waals surface area contributed by atoms with Crippen LogP contribution < -0.4 is 9.47 Å². The van der Waals surface area contributed by atoms with Crippen molar-refractivity contribution in [2.24, 2.45) is 0 Å². The second kappa shape index (κ2) is 6.83. The number of hydrogen-bond acceptors (Lipinski definition) is 3. The highest BCUT2D eigenvalue weighted by atomic mass is 19.3. The molecule has 0 spiro atoms. The molecule has 0 radical (unpaired) electrons. The molecule has 0 bridgehead atoms. The summed E-state index contributed by atoms with van der Waals surface area (Å²) in [4.78, 5) is 10.3. The van der Waals surface area contributed by atoms with E-state index < -0.39 is 6.61 Å². The van der Waals surface area contributed by atoms with Gasteiger partial charge in [-0.1, -0.05) is 6.07 Å². The number of hydrogen-bond donors (Lipinski definition) is 0. The summed E-state index contributed by atoms with van der Waals surface area (Å²) < 4.78 is 33.7. The SMILES string of the molecule is CCOc1cc(OC(F)F)ccc1CCC=O. The number of halogens is 2. The molecule has 1 aromatic carbocycles. The number of aldehydes is 1. The van der Waals surface area contributed by atoms with E-state index in [-0.39, 0.29) is 5.75 Å². The third-order valence-electron chi connectivity index (χ3n) is 2.10. The Labute approximate surface area is 98.3 Å². The highest BCUT2D eigenvalue weighted by Gasteiger charge is 2.09. The second-order valence-electron chi connectivity index (χ2n) is 3.29. The van der Waals surface area contributed by atoms with Gasteiger partial charge in [0.05, 0.1) is 6.61 Å². The van der Waals surface area contributed by atoms with E-state index in [0.717, 1.165) is 11.8 Å². The summed E-state index contributed by atoms with van der Waals surface area (Å²) in [6, 6.07) is 4.48. The number of benzene rings is 1. The highest BCUT2D eigenvalue weighted by Crippen LogP contribution is 2.27. The highest BCUT2D eigenvalue weighted by molar-refractivity contribution is 5.51. The largest absolute Gasteiger partial charge is 0.493 e. The summed E-state index contributed by atoms with van der Waals surface area (Å²) in [7, 11) is 0. The van der Waals surface area contributed by atoms with Crippen LogP contribution in [0.5, 0.6) is 11.5 Å². The minimum Gasteiger partial charge on any atom is -0.493 e. The summed E-state index contributed by atoms with van der Waals surface area (Å²) in [5.41, 5.74) is 0.806. The summed E-state index contributed by atoms with van der Waals surface area (Å²) in [6.07, 6.45) is 1.70. The number of rotatable bonds is 7. The molecule has 5 heteroatoms. The van der Waals surface area contributed by atoms with Crippen LogP contribution in [0.15, 0.2) is 18.2 Å². The lowest BCUT2D eigenvalue weighted by atomic mass is 10.1. The van der Waals surface area contributed by atoms with E-state index in [2.05, 4.69) is 4.74 Å². The van der Waals surface area contributed by atoms with Crippen molar-refractivity contribution in [2.45, 2.75) is 26.4 Å². The van der Waals surface area contributed by atoms with Crippen molar-refractivity contribution in [3.05, 3.63) is 23.8 Å². The third kappa shape index (κ3) is 4.38. The molecule has 0 N–H and O–H groups in total. The topological polar surface area (TPSA) is 35.5 Å². The van der Waals surface area contributed by atoms with Crippen molar-refractivity contribution in [3.8, 4) is 11.5 Å². The van der Waals surface area contributed by atoms with Gasteiger partial charge < -0.3 is 14.3 Å². The van der Waals surface area contributed by atoms with E-state index in [9.17, 15) is 13.6 Å². The molecule has 0 atom stereocenters. The van der Waals surface area contributed by atoms with Crippen LogP contribution in [0.1, 0.15) is 18.9 Å². The predicted molar refractivity (Wildman–Crippen MR) is 58.6 cm³/mol. The Kier molecular flexibility index (Phi) is 5.39. The van der Waals surface area contributed by atoms with Crippen LogP contribution in [0.4, 0.5) is 8.78 Å². The van der Waals surface area contributed by atoms with Crippen LogP contribution in [-0.2, 0) is 11.2 Å². The molecule has 0 fully saturated rings. The first-order chi connectivity index (χ1) is 8.17. The van der Waals surface area contributed by atoms with Crippen molar-refractivity contribution < 1.29 is 23.0 Å². The van der Waals surface area contributed by atoms with Gasteiger partial charge in [0.25, 0.3) is 0 Å². The van der Waals surface area contributed by atoms with Gasteiger partial charge >= 0.3 is 6.61 Å². The zero-order chi connectivity index (χ0) is 12.7. The van der Waals surface area contributed by atoms with Crippen LogP contribution in [0.3, 0.4) is 0 Å². The lowest BCUT2D eigenvalue weighted by molar-refractivity contribution is -0.107. The number of aryl methyl sites for hydroxylation is 1. The first kappa shape index (κ1) is 13.4. The molecular weight excluding hydrogens is 230 g/mol. The van der Waals surface area contributed by atoms with Gasteiger partial charge in [0.15, 0.2) is 0 Å². The Morgan fingerprint density at radius 2 is 2.18 bits per heavy atom. The normalized spacial score (nSPS) is 10.4. The van der Waals surface area contributed by atoms with Gasteiger partial charge in [-0.05, 0) is 25.0 Å². The fourth-order valence-corrected chi connectivity index (χ4v) is 1.42. The molecule has 0 unspecified atom stereocenters. The van der Waals surface area contributed by atoms with Crippen LogP contribution in [0.2, 0.25) is 0 Å². The van der Waals surface area contributed by atoms with Crippen molar-refractivity contribution in [2.75, 3.05) is 6.61 Å². The van der Waals surface area contributed by atoms with Gasteiger partial charge in [-0.2, -0.15) is 8.78 Å². The minimum atomic E-state index is -2.86.